The van der Waals surface area contributed by atoms with Gasteiger partial charge in [-0.25, -0.2) is 4.79 Å². The van der Waals surface area contributed by atoms with Gasteiger partial charge in [0, 0.05) is 53.9 Å². The van der Waals surface area contributed by atoms with Crippen molar-refractivity contribution in [3.63, 3.8) is 0 Å². The second kappa shape index (κ2) is 12.6. The third-order valence-corrected chi connectivity index (χ3v) is 5.22. The Morgan fingerprint density at radius 2 is 1.64 bits per heavy atom. The number of hydrogen-bond acceptors (Lipinski definition) is 10. The molecule has 4 amide bonds. The van der Waals surface area contributed by atoms with Gasteiger partial charge in [-0.2, -0.15) is 0 Å². The van der Waals surface area contributed by atoms with Crippen molar-refractivity contribution in [2.75, 3.05) is 27.9 Å². The molecule has 13 heteroatoms. The lowest BCUT2D eigenvalue weighted by Gasteiger charge is -2.45. The molecule has 2 fully saturated rings. The van der Waals surface area contributed by atoms with Gasteiger partial charge in [-0.1, -0.05) is 0 Å². The van der Waals surface area contributed by atoms with E-state index in [9.17, 15) is 24.0 Å². The Hall–Kier alpha value is -2.61. The van der Waals surface area contributed by atoms with Crippen LogP contribution in [0, 0.1) is 0 Å². The van der Waals surface area contributed by atoms with Gasteiger partial charge in [0.2, 0.25) is 11.8 Å². The van der Waals surface area contributed by atoms with E-state index in [1.54, 1.807) is 0 Å². The maximum Gasteiger partial charge on any atom is 0.333 e. The number of nitrogens with zero attached hydrogens (tertiary/aromatic N) is 1. The van der Waals surface area contributed by atoms with Crippen molar-refractivity contribution in [1.29, 1.82) is 0 Å². The standard InChI is InChI=1S/C20H31N3O10/c1-11(24)21-17-19(31-4)18(30-3)12(10-29-2)32-20(17)22-13(25)6-5-7-16(28)33-23-14(26)8-9-15(23)27/h12,17-20H,5-10H2,1-4H3,(H,21,24)(H,22,25). The van der Waals surface area contributed by atoms with Crippen molar-refractivity contribution < 1.29 is 47.8 Å². The van der Waals surface area contributed by atoms with Gasteiger partial charge in [0.25, 0.3) is 11.8 Å². The minimum Gasteiger partial charge on any atom is -0.382 e. The summed E-state index contributed by atoms with van der Waals surface area (Å²) in [6, 6.07) is -0.744. The van der Waals surface area contributed by atoms with Gasteiger partial charge in [0.1, 0.15) is 24.4 Å². The van der Waals surface area contributed by atoms with Gasteiger partial charge in [0.05, 0.1) is 6.61 Å². The summed E-state index contributed by atoms with van der Waals surface area (Å²) in [7, 11) is 4.43. The summed E-state index contributed by atoms with van der Waals surface area (Å²) in [6.45, 7) is 1.49. The van der Waals surface area contributed by atoms with Gasteiger partial charge in [-0.15, -0.1) is 5.06 Å². The fraction of sp³-hybridized carbons (Fsp3) is 0.750. The molecule has 0 spiro atoms. The number of hydrogen-bond donors (Lipinski definition) is 2. The molecule has 186 valence electrons. The minimum atomic E-state index is -0.940. The molecular weight excluding hydrogens is 442 g/mol. The molecule has 0 bridgehead atoms. The van der Waals surface area contributed by atoms with Crippen LogP contribution in [-0.2, 0) is 47.8 Å². The molecule has 5 atom stereocenters. The molecular formula is C20H31N3O10. The zero-order chi connectivity index (χ0) is 24.5. The molecule has 0 radical (unpaired) electrons. The van der Waals surface area contributed by atoms with Crippen LogP contribution in [-0.4, -0.2) is 93.2 Å². The third kappa shape index (κ3) is 7.19. The summed E-state index contributed by atoms with van der Waals surface area (Å²) >= 11 is 0. The molecule has 0 aliphatic carbocycles. The highest BCUT2D eigenvalue weighted by Gasteiger charge is 2.47. The van der Waals surface area contributed by atoms with E-state index in [0.717, 1.165) is 0 Å². The monoisotopic (exact) mass is 473 g/mol. The van der Waals surface area contributed by atoms with Gasteiger partial charge in [-0.3, -0.25) is 19.2 Å². The Morgan fingerprint density at radius 3 is 2.18 bits per heavy atom. The smallest absolute Gasteiger partial charge is 0.333 e. The Balaban J connectivity index is 1.93. The van der Waals surface area contributed by atoms with Crippen LogP contribution < -0.4 is 10.6 Å². The Morgan fingerprint density at radius 1 is 1.00 bits per heavy atom. The number of hydroxylamine groups is 2. The topological polar surface area (TPSA) is 159 Å². The van der Waals surface area contributed by atoms with Crippen LogP contribution in [0.4, 0.5) is 0 Å². The zero-order valence-corrected chi connectivity index (χ0v) is 19.2. The number of rotatable bonds is 11. The number of amides is 4. The maximum atomic E-state index is 12.5. The summed E-state index contributed by atoms with van der Waals surface area (Å²) in [5, 5.41) is 5.88. The van der Waals surface area contributed by atoms with E-state index in [2.05, 4.69) is 10.6 Å². The quantitative estimate of drug-likeness (QED) is 0.349. The van der Waals surface area contributed by atoms with E-state index in [0.29, 0.717) is 5.06 Å². The molecule has 0 saturated carbocycles. The second-order valence-corrected chi connectivity index (χ2v) is 7.64. The van der Waals surface area contributed by atoms with E-state index in [4.69, 9.17) is 23.8 Å². The number of imide groups is 1. The van der Waals surface area contributed by atoms with Crippen LogP contribution in [0.3, 0.4) is 0 Å². The van der Waals surface area contributed by atoms with Crippen LogP contribution in [0.15, 0.2) is 0 Å². The SMILES string of the molecule is COCC1OC(NC(=O)CCCC(=O)ON2C(=O)CCC2=O)C(NC(C)=O)C(OC)C1OC. The van der Waals surface area contributed by atoms with Crippen molar-refractivity contribution in [1.82, 2.24) is 15.7 Å². The number of nitrogens with one attached hydrogen (secondary N) is 2. The summed E-state index contributed by atoms with van der Waals surface area (Å²) in [5.41, 5.74) is 0. The summed E-state index contributed by atoms with van der Waals surface area (Å²) in [4.78, 5) is 63.9. The number of carbonyl (C=O) groups is 5. The second-order valence-electron chi connectivity index (χ2n) is 7.64. The summed E-state index contributed by atoms with van der Waals surface area (Å²) in [5.74, 6) is -2.73. The van der Waals surface area contributed by atoms with Crippen molar-refractivity contribution >= 4 is 29.6 Å². The fourth-order valence-corrected chi connectivity index (χ4v) is 3.75. The Bertz CT molecular complexity index is 730. The molecule has 0 aromatic rings. The van der Waals surface area contributed by atoms with Crippen LogP contribution in [0.25, 0.3) is 0 Å². The molecule has 13 nitrogen and oxygen atoms in total. The van der Waals surface area contributed by atoms with Crippen molar-refractivity contribution in [3.8, 4) is 0 Å². The predicted octanol–water partition coefficient (Wildman–Crippen LogP) is -1.21. The Kier molecular flexibility index (Phi) is 10.2. The van der Waals surface area contributed by atoms with E-state index in [1.165, 1.54) is 28.3 Å². The first-order chi connectivity index (χ1) is 15.7. The lowest BCUT2D eigenvalue weighted by Crippen LogP contribution is -2.68. The minimum absolute atomic E-state index is 0.00182. The average molecular weight is 473 g/mol. The highest BCUT2D eigenvalue weighted by Crippen LogP contribution is 2.25. The molecule has 2 aliphatic heterocycles. The Labute approximate surface area is 191 Å². The molecule has 33 heavy (non-hydrogen) atoms. The normalized spacial score (nSPS) is 27.4. The highest BCUT2D eigenvalue weighted by atomic mass is 16.7. The van der Waals surface area contributed by atoms with Crippen molar-refractivity contribution in [2.45, 2.75) is 69.6 Å². The summed E-state index contributed by atoms with van der Waals surface area (Å²) < 4.78 is 22.1. The maximum absolute atomic E-state index is 12.5. The average Bonchev–Trinajstić information content (AvgIpc) is 3.06. The number of ether oxygens (including phenoxy) is 4. The lowest BCUT2D eigenvalue weighted by molar-refractivity contribution is -0.218. The van der Waals surface area contributed by atoms with Gasteiger partial charge >= 0.3 is 5.97 Å². The lowest BCUT2D eigenvalue weighted by atomic mass is 9.95. The van der Waals surface area contributed by atoms with Crippen molar-refractivity contribution in [2.24, 2.45) is 0 Å². The molecule has 0 aromatic heterocycles. The third-order valence-electron chi connectivity index (χ3n) is 5.22. The van der Waals surface area contributed by atoms with Crippen LogP contribution in [0.2, 0.25) is 0 Å². The highest BCUT2D eigenvalue weighted by molar-refractivity contribution is 6.01. The number of carbonyl (C=O) groups excluding carboxylic acids is 5. The first kappa shape index (κ1) is 26.6. The van der Waals surface area contributed by atoms with E-state index in [-0.39, 0.29) is 44.6 Å². The van der Waals surface area contributed by atoms with Crippen LogP contribution >= 0.6 is 0 Å². The molecule has 2 N–H and O–H groups in total. The van der Waals surface area contributed by atoms with Crippen LogP contribution in [0.1, 0.15) is 39.0 Å². The van der Waals surface area contributed by atoms with E-state index < -0.39 is 54.3 Å². The molecule has 0 aromatic carbocycles. The molecule has 2 heterocycles. The van der Waals surface area contributed by atoms with E-state index in [1.807, 2.05) is 0 Å². The van der Waals surface area contributed by atoms with Gasteiger partial charge in [-0.05, 0) is 6.42 Å². The molecule has 2 aliphatic rings. The molecule has 2 saturated heterocycles. The molecule has 5 unspecified atom stereocenters. The fourth-order valence-electron chi connectivity index (χ4n) is 3.75. The van der Waals surface area contributed by atoms with Crippen LogP contribution in [0.5, 0.6) is 0 Å². The summed E-state index contributed by atoms with van der Waals surface area (Å²) in [6.07, 6.45) is -2.85. The molecule has 2 rings (SSSR count). The van der Waals surface area contributed by atoms with E-state index >= 15 is 0 Å². The van der Waals surface area contributed by atoms with Gasteiger partial charge in [0.15, 0.2) is 6.23 Å². The van der Waals surface area contributed by atoms with Crippen molar-refractivity contribution in [3.05, 3.63) is 0 Å². The predicted molar refractivity (Wildman–Crippen MR) is 109 cm³/mol. The first-order valence-electron chi connectivity index (χ1n) is 10.5. The number of methoxy groups -OCH3 is 3. The zero-order valence-electron chi connectivity index (χ0n) is 19.2. The van der Waals surface area contributed by atoms with Gasteiger partial charge < -0.3 is 34.4 Å². The largest absolute Gasteiger partial charge is 0.382 e. The first-order valence-corrected chi connectivity index (χ1v) is 10.5.